The van der Waals surface area contributed by atoms with Crippen LogP contribution in [0, 0.1) is 5.82 Å². The Morgan fingerprint density at radius 3 is 2.29 bits per heavy atom. The fourth-order valence-electron chi connectivity index (χ4n) is 1.60. The highest BCUT2D eigenvalue weighted by atomic mass is 35.5. The van der Waals surface area contributed by atoms with Gasteiger partial charge in [0, 0.05) is 5.56 Å². The van der Waals surface area contributed by atoms with Crippen molar-refractivity contribution in [3.63, 3.8) is 0 Å². The van der Waals surface area contributed by atoms with Crippen LogP contribution in [0.25, 0.3) is 0 Å². The quantitative estimate of drug-likeness (QED) is 0.811. The van der Waals surface area contributed by atoms with Crippen molar-refractivity contribution in [3.05, 3.63) is 69.5 Å². The van der Waals surface area contributed by atoms with Crippen LogP contribution in [-0.4, -0.2) is 5.11 Å². The Morgan fingerprint density at radius 2 is 1.65 bits per heavy atom. The Bertz CT molecular complexity index is 528. The zero-order valence-corrected chi connectivity index (χ0v) is 10.2. The lowest BCUT2D eigenvalue weighted by molar-refractivity contribution is 0.215. The third-order valence-electron chi connectivity index (χ3n) is 2.47. The maximum Gasteiger partial charge on any atom is 0.130 e. The Balaban J connectivity index is 2.51. The first-order valence-electron chi connectivity index (χ1n) is 4.97. The third kappa shape index (κ3) is 2.44. The Labute approximate surface area is 108 Å². The molecule has 1 N–H and O–H groups in total. The molecule has 0 saturated carbocycles. The van der Waals surface area contributed by atoms with Crippen molar-refractivity contribution in [3.8, 4) is 0 Å². The number of hydrogen-bond donors (Lipinski definition) is 1. The van der Waals surface area contributed by atoms with Crippen molar-refractivity contribution in [2.75, 3.05) is 0 Å². The molecular weight excluding hydrogens is 262 g/mol. The van der Waals surface area contributed by atoms with Gasteiger partial charge in [-0.25, -0.2) is 4.39 Å². The van der Waals surface area contributed by atoms with Gasteiger partial charge in [0.1, 0.15) is 11.9 Å². The summed E-state index contributed by atoms with van der Waals surface area (Å²) in [5.74, 6) is -0.573. The maximum atomic E-state index is 13.7. The van der Waals surface area contributed by atoms with E-state index in [0.717, 1.165) is 0 Å². The van der Waals surface area contributed by atoms with Gasteiger partial charge < -0.3 is 5.11 Å². The second-order valence-electron chi connectivity index (χ2n) is 3.57. The number of aliphatic hydroxyl groups excluding tert-OH is 1. The van der Waals surface area contributed by atoms with E-state index in [1.54, 1.807) is 24.3 Å². The van der Waals surface area contributed by atoms with Crippen LogP contribution in [0.2, 0.25) is 10.0 Å². The van der Waals surface area contributed by atoms with E-state index < -0.39 is 11.9 Å². The van der Waals surface area contributed by atoms with Gasteiger partial charge >= 0.3 is 0 Å². The van der Waals surface area contributed by atoms with Crippen molar-refractivity contribution in [1.29, 1.82) is 0 Å². The highest BCUT2D eigenvalue weighted by Gasteiger charge is 2.20. The molecule has 2 rings (SSSR count). The minimum absolute atomic E-state index is 0.00497. The summed E-state index contributed by atoms with van der Waals surface area (Å²) in [5.41, 5.74) is 0.570. The van der Waals surface area contributed by atoms with Crippen LogP contribution < -0.4 is 0 Å². The van der Waals surface area contributed by atoms with Crippen LogP contribution >= 0.6 is 23.2 Å². The van der Waals surface area contributed by atoms with E-state index in [0.29, 0.717) is 5.56 Å². The SMILES string of the molecule is OC(c1ccccc1)c1c(F)ccc(Cl)c1Cl. The van der Waals surface area contributed by atoms with Crippen molar-refractivity contribution < 1.29 is 9.50 Å². The molecule has 0 heterocycles. The average molecular weight is 271 g/mol. The Kier molecular flexibility index (Phi) is 3.67. The van der Waals surface area contributed by atoms with E-state index in [1.165, 1.54) is 12.1 Å². The topological polar surface area (TPSA) is 20.2 Å². The highest BCUT2D eigenvalue weighted by molar-refractivity contribution is 6.42. The molecule has 17 heavy (non-hydrogen) atoms. The first-order chi connectivity index (χ1) is 8.11. The van der Waals surface area contributed by atoms with Crippen LogP contribution in [-0.2, 0) is 0 Å². The molecule has 4 heteroatoms. The number of rotatable bonds is 2. The van der Waals surface area contributed by atoms with Crippen molar-refractivity contribution in [2.24, 2.45) is 0 Å². The fourth-order valence-corrected chi connectivity index (χ4v) is 2.02. The summed E-state index contributed by atoms with van der Waals surface area (Å²) in [5, 5.41) is 10.4. The average Bonchev–Trinajstić information content (AvgIpc) is 2.35. The van der Waals surface area contributed by atoms with Gasteiger partial charge in [-0.2, -0.15) is 0 Å². The lowest BCUT2D eigenvalue weighted by Gasteiger charge is -2.14. The predicted molar refractivity (Wildman–Crippen MR) is 66.9 cm³/mol. The molecule has 1 unspecified atom stereocenters. The van der Waals surface area contributed by atoms with Crippen LogP contribution in [0.1, 0.15) is 17.2 Å². The van der Waals surface area contributed by atoms with E-state index in [-0.39, 0.29) is 15.6 Å². The summed E-state index contributed by atoms with van der Waals surface area (Å²) in [6.45, 7) is 0. The fraction of sp³-hybridized carbons (Fsp3) is 0.0769. The first kappa shape index (κ1) is 12.4. The van der Waals surface area contributed by atoms with Gasteiger partial charge in [0.15, 0.2) is 0 Å². The molecule has 88 valence electrons. The molecule has 0 aliphatic carbocycles. The molecule has 1 nitrogen and oxygen atoms in total. The molecule has 0 bridgehead atoms. The van der Waals surface area contributed by atoms with Gasteiger partial charge in [-0.05, 0) is 17.7 Å². The molecule has 0 radical (unpaired) electrons. The maximum absolute atomic E-state index is 13.7. The molecule has 1 atom stereocenters. The number of aliphatic hydroxyl groups is 1. The third-order valence-corrected chi connectivity index (χ3v) is 3.29. The summed E-state index contributed by atoms with van der Waals surface area (Å²) in [4.78, 5) is 0. The molecule has 2 aromatic carbocycles. The van der Waals surface area contributed by atoms with Crippen LogP contribution in [0.3, 0.4) is 0 Å². The monoisotopic (exact) mass is 270 g/mol. The summed E-state index contributed by atoms with van der Waals surface area (Å²) in [6.07, 6.45) is -1.12. The summed E-state index contributed by atoms with van der Waals surface area (Å²) in [6, 6.07) is 11.3. The Hall–Kier alpha value is -1.09. The van der Waals surface area contributed by atoms with Crippen molar-refractivity contribution in [2.45, 2.75) is 6.10 Å². The van der Waals surface area contributed by atoms with Gasteiger partial charge in [-0.3, -0.25) is 0 Å². The van der Waals surface area contributed by atoms with Crippen LogP contribution in [0.5, 0.6) is 0 Å². The first-order valence-corrected chi connectivity index (χ1v) is 5.73. The molecule has 0 aliphatic heterocycles. The lowest BCUT2D eigenvalue weighted by Crippen LogP contribution is -2.03. The van der Waals surface area contributed by atoms with Crippen LogP contribution in [0.4, 0.5) is 4.39 Å². The van der Waals surface area contributed by atoms with E-state index in [4.69, 9.17) is 23.2 Å². The van der Waals surface area contributed by atoms with Gasteiger partial charge in [-0.15, -0.1) is 0 Å². The molecule has 0 amide bonds. The van der Waals surface area contributed by atoms with E-state index in [2.05, 4.69) is 0 Å². The standard InChI is InChI=1S/C13H9Cl2FO/c14-9-6-7-10(16)11(12(9)15)13(17)8-4-2-1-3-5-8/h1-7,13,17H. The summed E-state index contributed by atoms with van der Waals surface area (Å²) >= 11 is 11.7. The summed E-state index contributed by atoms with van der Waals surface area (Å²) < 4.78 is 13.7. The van der Waals surface area contributed by atoms with Gasteiger partial charge in [0.25, 0.3) is 0 Å². The molecule has 0 spiro atoms. The molecule has 0 aliphatic rings. The molecule has 0 fully saturated rings. The zero-order valence-electron chi connectivity index (χ0n) is 8.70. The van der Waals surface area contributed by atoms with Crippen LogP contribution in [0.15, 0.2) is 42.5 Å². The largest absolute Gasteiger partial charge is 0.383 e. The normalized spacial score (nSPS) is 12.5. The second-order valence-corrected chi connectivity index (χ2v) is 4.36. The van der Waals surface area contributed by atoms with E-state index in [1.807, 2.05) is 6.07 Å². The minimum Gasteiger partial charge on any atom is -0.383 e. The zero-order chi connectivity index (χ0) is 12.4. The minimum atomic E-state index is -1.12. The molecule has 2 aromatic rings. The van der Waals surface area contributed by atoms with Gasteiger partial charge in [0.2, 0.25) is 0 Å². The molecular formula is C13H9Cl2FO. The molecule has 0 saturated heterocycles. The van der Waals surface area contributed by atoms with E-state index in [9.17, 15) is 9.50 Å². The number of benzene rings is 2. The molecule has 0 aromatic heterocycles. The van der Waals surface area contributed by atoms with Gasteiger partial charge in [0.05, 0.1) is 10.0 Å². The smallest absolute Gasteiger partial charge is 0.130 e. The van der Waals surface area contributed by atoms with Crippen molar-refractivity contribution >= 4 is 23.2 Å². The lowest BCUT2D eigenvalue weighted by atomic mass is 10.0. The van der Waals surface area contributed by atoms with Crippen molar-refractivity contribution in [1.82, 2.24) is 0 Å². The Morgan fingerprint density at radius 1 is 1.00 bits per heavy atom. The predicted octanol–water partition coefficient (Wildman–Crippen LogP) is 4.21. The summed E-state index contributed by atoms with van der Waals surface area (Å²) in [7, 11) is 0. The number of halogens is 3. The van der Waals surface area contributed by atoms with E-state index >= 15 is 0 Å². The number of hydrogen-bond acceptors (Lipinski definition) is 1. The van der Waals surface area contributed by atoms with Gasteiger partial charge in [-0.1, -0.05) is 53.5 Å². The second kappa shape index (κ2) is 5.05. The highest BCUT2D eigenvalue weighted by Crippen LogP contribution is 2.34.